The van der Waals surface area contributed by atoms with Gasteiger partial charge in [-0.25, -0.2) is 9.97 Å². The molecule has 3 aromatic rings. The summed E-state index contributed by atoms with van der Waals surface area (Å²) in [7, 11) is 1.97. The van der Waals surface area contributed by atoms with E-state index in [9.17, 15) is 0 Å². The van der Waals surface area contributed by atoms with Crippen LogP contribution in [-0.2, 0) is 26.6 Å². The largest absolute Gasteiger partial charge is 0.294 e. The molecule has 0 saturated carbocycles. The Balaban J connectivity index is 1.52. The molecular formula is C19H20ClN5. The number of fused-ring (bicyclic) bond motifs is 1. The fraction of sp³-hybridized carbons (Fsp3) is 0.316. The van der Waals surface area contributed by atoms with Gasteiger partial charge in [0, 0.05) is 67.2 Å². The minimum Gasteiger partial charge on any atom is -0.294 e. The molecule has 4 rings (SSSR count). The summed E-state index contributed by atoms with van der Waals surface area (Å²) in [6.45, 7) is 4.86. The van der Waals surface area contributed by atoms with Crippen LogP contribution in [0.1, 0.15) is 22.5 Å². The van der Waals surface area contributed by atoms with E-state index >= 15 is 0 Å². The zero-order valence-corrected chi connectivity index (χ0v) is 15.2. The summed E-state index contributed by atoms with van der Waals surface area (Å²) in [5.41, 5.74) is 5.75. The summed E-state index contributed by atoms with van der Waals surface area (Å²) in [4.78, 5) is 11.8. The molecule has 1 aliphatic heterocycles. The third-order valence-corrected chi connectivity index (χ3v) is 4.88. The first-order valence-corrected chi connectivity index (χ1v) is 8.78. The van der Waals surface area contributed by atoms with Crippen LogP contribution in [0.15, 0.2) is 36.7 Å². The van der Waals surface area contributed by atoms with Crippen LogP contribution in [0.25, 0.3) is 11.4 Å². The van der Waals surface area contributed by atoms with Gasteiger partial charge in [-0.1, -0.05) is 11.6 Å². The number of benzene rings is 1. The van der Waals surface area contributed by atoms with Crippen LogP contribution in [-0.4, -0.2) is 31.2 Å². The summed E-state index contributed by atoms with van der Waals surface area (Å²) in [6, 6.07) is 7.67. The van der Waals surface area contributed by atoms with Crippen molar-refractivity contribution < 1.29 is 0 Å². The molecule has 0 amide bonds. The number of nitrogens with zero attached hydrogens (tertiary/aromatic N) is 5. The minimum atomic E-state index is 0.725. The molecule has 6 heteroatoms. The molecule has 0 spiro atoms. The zero-order chi connectivity index (χ0) is 17.4. The molecule has 0 fully saturated rings. The highest BCUT2D eigenvalue weighted by Gasteiger charge is 2.20. The van der Waals surface area contributed by atoms with Gasteiger partial charge < -0.3 is 0 Å². The van der Waals surface area contributed by atoms with E-state index in [1.54, 1.807) is 0 Å². The Kier molecular flexibility index (Phi) is 4.27. The van der Waals surface area contributed by atoms with Gasteiger partial charge in [-0.15, -0.1) is 0 Å². The summed E-state index contributed by atoms with van der Waals surface area (Å²) >= 11 is 5.96. The van der Waals surface area contributed by atoms with E-state index in [1.807, 2.05) is 42.2 Å². The lowest BCUT2D eigenvalue weighted by molar-refractivity contribution is 0.242. The summed E-state index contributed by atoms with van der Waals surface area (Å²) < 4.78 is 1.88. The Labute approximate surface area is 152 Å². The molecule has 0 bridgehead atoms. The van der Waals surface area contributed by atoms with Crippen molar-refractivity contribution in [2.45, 2.75) is 26.4 Å². The highest BCUT2D eigenvalue weighted by atomic mass is 35.5. The smallest absolute Gasteiger partial charge is 0.159 e. The topological polar surface area (TPSA) is 46.8 Å². The van der Waals surface area contributed by atoms with Gasteiger partial charge in [0.25, 0.3) is 0 Å². The standard InChI is InChI=1S/C19H20ClN5/c1-13-16(10-24(2)23-13)12-25-8-7-18-15(11-25)9-21-19(22-18)14-3-5-17(20)6-4-14/h3-6,9-10H,7-8,11-12H2,1-2H3. The second-order valence-electron chi connectivity index (χ2n) is 6.55. The number of hydrogen-bond acceptors (Lipinski definition) is 4. The molecule has 0 N–H and O–H groups in total. The number of hydrogen-bond donors (Lipinski definition) is 0. The van der Waals surface area contributed by atoms with E-state index in [4.69, 9.17) is 16.6 Å². The molecule has 128 valence electrons. The zero-order valence-electron chi connectivity index (χ0n) is 14.4. The van der Waals surface area contributed by atoms with Gasteiger partial charge in [0.05, 0.1) is 11.4 Å². The van der Waals surface area contributed by atoms with E-state index in [2.05, 4.69) is 28.1 Å². The Morgan fingerprint density at radius 2 is 2.00 bits per heavy atom. The van der Waals surface area contributed by atoms with Crippen LogP contribution < -0.4 is 0 Å². The third kappa shape index (κ3) is 3.43. The van der Waals surface area contributed by atoms with E-state index in [-0.39, 0.29) is 0 Å². The van der Waals surface area contributed by atoms with E-state index < -0.39 is 0 Å². The Bertz CT molecular complexity index is 901. The van der Waals surface area contributed by atoms with Gasteiger partial charge in [0.15, 0.2) is 5.82 Å². The van der Waals surface area contributed by atoms with Gasteiger partial charge in [-0.2, -0.15) is 5.10 Å². The molecule has 3 heterocycles. The molecule has 1 aliphatic rings. The molecule has 0 unspecified atom stereocenters. The maximum absolute atomic E-state index is 5.96. The minimum absolute atomic E-state index is 0.725. The number of rotatable bonds is 3. The molecule has 25 heavy (non-hydrogen) atoms. The summed E-state index contributed by atoms with van der Waals surface area (Å²) in [5, 5.41) is 5.15. The van der Waals surface area contributed by atoms with E-state index in [0.29, 0.717) is 0 Å². The van der Waals surface area contributed by atoms with Crippen molar-refractivity contribution in [1.29, 1.82) is 0 Å². The van der Waals surface area contributed by atoms with Crippen molar-refractivity contribution in [3.05, 3.63) is 64.2 Å². The summed E-state index contributed by atoms with van der Waals surface area (Å²) in [6.07, 6.45) is 5.01. The van der Waals surface area contributed by atoms with Crippen molar-refractivity contribution in [3.8, 4) is 11.4 Å². The van der Waals surface area contributed by atoms with E-state index in [1.165, 1.54) is 11.1 Å². The van der Waals surface area contributed by atoms with E-state index in [0.717, 1.165) is 53.9 Å². The first kappa shape index (κ1) is 16.2. The van der Waals surface area contributed by atoms with Gasteiger partial charge in [-0.3, -0.25) is 9.58 Å². The number of aryl methyl sites for hydroxylation is 2. The highest BCUT2D eigenvalue weighted by molar-refractivity contribution is 6.30. The number of halogens is 1. The average Bonchev–Trinajstić information content (AvgIpc) is 2.92. The molecular weight excluding hydrogens is 334 g/mol. The van der Waals surface area contributed by atoms with Crippen molar-refractivity contribution >= 4 is 11.6 Å². The molecule has 0 radical (unpaired) electrons. The maximum atomic E-state index is 5.96. The van der Waals surface area contributed by atoms with Crippen LogP contribution in [0.4, 0.5) is 0 Å². The average molecular weight is 354 g/mol. The molecule has 2 aromatic heterocycles. The first-order chi connectivity index (χ1) is 12.1. The van der Waals surface area contributed by atoms with Crippen molar-refractivity contribution in [2.75, 3.05) is 6.54 Å². The normalized spacial score (nSPS) is 14.5. The SMILES string of the molecule is Cc1nn(C)cc1CN1CCc2nc(-c3ccc(Cl)cc3)ncc2C1. The Morgan fingerprint density at radius 3 is 2.72 bits per heavy atom. The maximum Gasteiger partial charge on any atom is 0.159 e. The van der Waals surface area contributed by atoms with Crippen LogP contribution in [0.5, 0.6) is 0 Å². The molecule has 0 saturated heterocycles. The third-order valence-electron chi connectivity index (χ3n) is 4.62. The van der Waals surface area contributed by atoms with Crippen molar-refractivity contribution in [1.82, 2.24) is 24.6 Å². The van der Waals surface area contributed by atoms with Gasteiger partial charge in [0.1, 0.15) is 0 Å². The molecule has 1 aromatic carbocycles. The molecule has 5 nitrogen and oxygen atoms in total. The van der Waals surface area contributed by atoms with Gasteiger partial charge in [-0.05, 0) is 31.2 Å². The second-order valence-corrected chi connectivity index (χ2v) is 6.98. The summed E-state index contributed by atoms with van der Waals surface area (Å²) in [5.74, 6) is 0.770. The van der Waals surface area contributed by atoms with Gasteiger partial charge >= 0.3 is 0 Å². The Morgan fingerprint density at radius 1 is 1.20 bits per heavy atom. The fourth-order valence-electron chi connectivity index (χ4n) is 3.29. The van der Waals surface area contributed by atoms with Crippen LogP contribution in [0, 0.1) is 6.92 Å². The predicted octanol–water partition coefficient (Wildman–Crippen LogP) is 3.40. The van der Waals surface area contributed by atoms with Crippen LogP contribution >= 0.6 is 11.6 Å². The predicted molar refractivity (Wildman–Crippen MR) is 98.2 cm³/mol. The van der Waals surface area contributed by atoms with Crippen molar-refractivity contribution in [2.24, 2.45) is 7.05 Å². The monoisotopic (exact) mass is 353 g/mol. The van der Waals surface area contributed by atoms with Crippen LogP contribution in [0.2, 0.25) is 5.02 Å². The molecule has 0 atom stereocenters. The Hall–Kier alpha value is -2.24. The van der Waals surface area contributed by atoms with Gasteiger partial charge in [0.2, 0.25) is 0 Å². The highest BCUT2D eigenvalue weighted by Crippen LogP contribution is 2.23. The van der Waals surface area contributed by atoms with Crippen LogP contribution in [0.3, 0.4) is 0 Å². The second kappa shape index (κ2) is 6.58. The number of aromatic nitrogens is 4. The quantitative estimate of drug-likeness (QED) is 0.724. The molecule has 0 aliphatic carbocycles. The lowest BCUT2D eigenvalue weighted by atomic mass is 10.1. The fourth-order valence-corrected chi connectivity index (χ4v) is 3.42. The lowest BCUT2D eigenvalue weighted by Gasteiger charge is -2.27. The first-order valence-electron chi connectivity index (χ1n) is 8.41. The lowest BCUT2D eigenvalue weighted by Crippen LogP contribution is -2.31. The van der Waals surface area contributed by atoms with Crippen molar-refractivity contribution in [3.63, 3.8) is 0 Å².